The molecule has 0 amide bonds. The lowest BCUT2D eigenvalue weighted by Crippen LogP contribution is -2.31. The lowest BCUT2D eigenvalue weighted by Gasteiger charge is -2.30. The van der Waals surface area contributed by atoms with Gasteiger partial charge >= 0.3 is 0 Å². The minimum Gasteiger partial charge on any atom is -0.382 e. The van der Waals surface area contributed by atoms with Crippen LogP contribution in [-0.2, 0) is 19.3 Å². The van der Waals surface area contributed by atoms with Gasteiger partial charge in [0, 0.05) is 24.5 Å². The zero-order valence-corrected chi connectivity index (χ0v) is 21.6. The number of amidine groups is 1. The average Bonchev–Trinajstić information content (AvgIpc) is 2.77. The Morgan fingerprint density at radius 1 is 1.24 bits per heavy atom. The maximum Gasteiger partial charge on any atom is 0.147 e. The third-order valence-corrected chi connectivity index (χ3v) is 7.03. The molecule has 0 saturated heterocycles. The van der Waals surface area contributed by atoms with Crippen LogP contribution in [-0.4, -0.2) is 10.7 Å². The molecule has 0 spiro atoms. The van der Waals surface area contributed by atoms with E-state index in [9.17, 15) is 0 Å². The van der Waals surface area contributed by atoms with Gasteiger partial charge in [-0.3, -0.25) is 0 Å². The van der Waals surface area contributed by atoms with Crippen LogP contribution in [0.4, 0.5) is 4.39 Å². The fraction of sp³-hybridized carbons (Fsp3) is 0.536. The van der Waals surface area contributed by atoms with E-state index in [1.807, 2.05) is 33.0 Å². The zero-order chi connectivity index (χ0) is 24.1. The first-order valence-corrected chi connectivity index (χ1v) is 12.7. The van der Waals surface area contributed by atoms with Crippen molar-refractivity contribution in [2.75, 3.05) is 0 Å². The van der Waals surface area contributed by atoms with Crippen molar-refractivity contribution in [3.63, 3.8) is 0 Å². The van der Waals surface area contributed by atoms with E-state index in [4.69, 9.17) is 17.3 Å². The van der Waals surface area contributed by atoms with Crippen molar-refractivity contribution in [2.45, 2.75) is 86.0 Å². The molecule has 180 valence electrons. The van der Waals surface area contributed by atoms with E-state index >= 15 is 4.39 Å². The zero-order valence-electron chi connectivity index (χ0n) is 20.8. The molecule has 1 heterocycles. The molecule has 1 saturated carbocycles. The van der Waals surface area contributed by atoms with Crippen molar-refractivity contribution < 1.29 is 4.39 Å². The van der Waals surface area contributed by atoms with E-state index < -0.39 is 0 Å². The molecule has 0 bridgehead atoms. The van der Waals surface area contributed by atoms with Crippen molar-refractivity contribution in [1.29, 1.82) is 0 Å². The molecule has 3 nitrogen and oxygen atoms in total. The number of rotatable bonds is 7. The standard InChI is InChI=1S/C28H39ClFN3/c1-6-22(33-13-12-32-28(31)27(33)19(4)5)16-21-17-25(29)26(30)24(23(21)14-18(2)3)15-20-10-8-7-9-11-20/h6,12-13,17-18,20H,7-11,14-16H2,1-5H3,(H2,31,32). The topological polar surface area (TPSA) is 41.6 Å². The summed E-state index contributed by atoms with van der Waals surface area (Å²) in [7, 11) is 0. The number of nitrogens with zero attached hydrogens (tertiary/aromatic N) is 2. The van der Waals surface area contributed by atoms with Crippen LogP contribution in [0.1, 0.15) is 83.4 Å². The van der Waals surface area contributed by atoms with Crippen LogP contribution in [0.5, 0.6) is 0 Å². The smallest absolute Gasteiger partial charge is 0.147 e. The Labute approximate surface area is 204 Å². The number of halogens is 2. The van der Waals surface area contributed by atoms with E-state index in [0.717, 1.165) is 46.5 Å². The molecule has 3 rings (SSSR count). The van der Waals surface area contributed by atoms with Gasteiger partial charge in [0.1, 0.15) is 11.7 Å². The van der Waals surface area contributed by atoms with Crippen LogP contribution < -0.4 is 5.73 Å². The Hall–Kier alpha value is -2.07. The van der Waals surface area contributed by atoms with Crippen LogP contribution in [0.3, 0.4) is 0 Å². The Bertz CT molecular complexity index is 977. The SMILES string of the molecule is CC=C(Cc1cc(Cl)c(F)c(CC2CCCCC2)c1CC(C)C)N1C=CN=C(N)C1=C(C)C. The number of hydrogen-bond acceptors (Lipinski definition) is 3. The van der Waals surface area contributed by atoms with Crippen molar-refractivity contribution in [1.82, 2.24) is 4.90 Å². The quantitative estimate of drug-likeness (QED) is 0.442. The first kappa shape index (κ1) is 25.6. The van der Waals surface area contributed by atoms with Gasteiger partial charge in [-0.1, -0.05) is 63.6 Å². The molecule has 0 atom stereocenters. The molecular formula is C28H39ClFN3. The van der Waals surface area contributed by atoms with Gasteiger partial charge in [-0.05, 0) is 73.8 Å². The third-order valence-electron chi connectivity index (χ3n) is 6.76. The maximum atomic E-state index is 15.4. The summed E-state index contributed by atoms with van der Waals surface area (Å²) < 4.78 is 15.4. The highest BCUT2D eigenvalue weighted by molar-refractivity contribution is 6.30. The molecule has 1 aliphatic heterocycles. The van der Waals surface area contributed by atoms with Gasteiger partial charge in [0.05, 0.1) is 10.7 Å². The lowest BCUT2D eigenvalue weighted by atomic mass is 9.81. The Morgan fingerprint density at radius 3 is 2.55 bits per heavy atom. The van der Waals surface area contributed by atoms with Crippen molar-refractivity contribution in [3.8, 4) is 0 Å². The van der Waals surface area contributed by atoms with Crippen LogP contribution in [0.2, 0.25) is 5.02 Å². The maximum absolute atomic E-state index is 15.4. The Morgan fingerprint density at radius 2 is 1.94 bits per heavy atom. The molecule has 1 aliphatic carbocycles. The molecular weight excluding hydrogens is 433 g/mol. The average molecular weight is 472 g/mol. The summed E-state index contributed by atoms with van der Waals surface area (Å²) in [4.78, 5) is 6.39. The van der Waals surface area contributed by atoms with Crippen molar-refractivity contribution >= 4 is 17.4 Å². The normalized spacial score (nSPS) is 17.7. The summed E-state index contributed by atoms with van der Waals surface area (Å²) in [6.45, 7) is 10.5. The second-order valence-corrected chi connectivity index (χ2v) is 10.5. The Balaban J connectivity index is 2.03. The summed E-state index contributed by atoms with van der Waals surface area (Å²) in [5.41, 5.74) is 12.4. The van der Waals surface area contributed by atoms with Crippen LogP contribution in [0.15, 0.2) is 46.5 Å². The van der Waals surface area contributed by atoms with E-state index in [1.165, 1.54) is 32.1 Å². The minimum atomic E-state index is -0.220. The molecule has 2 aliphatic rings. The van der Waals surface area contributed by atoms with E-state index in [1.54, 1.807) is 6.20 Å². The van der Waals surface area contributed by atoms with Crippen LogP contribution in [0, 0.1) is 17.7 Å². The lowest BCUT2D eigenvalue weighted by molar-refractivity contribution is 0.351. The number of aliphatic imine (C=N–C) groups is 1. The largest absolute Gasteiger partial charge is 0.382 e. The summed E-state index contributed by atoms with van der Waals surface area (Å²) in [6.07, 6.45) is 14.2. The van der Waals surface area contributed by atoms with E-state index in [-0.39, 0.29) is 10.8 Å². The van der Waals surface area contributed by atoms with Gasteiger partial charge in [0.25, 0.3) is 0 Å². The van der Waals surface area contributed by atoms with Crippen molar-refractivity contribution in [2.24, 2.45) is 22.6 Å². The predicted molar refractivity (Wildman–Crippen MR) is 139 cm³/mol. The molecule has 0 unspecified atom stereocenters. The number of benzene rings is 1. The van der Waals surface area contributed by atoms with Gasteiger partial charge in [-0.2, -0.15) is 0 Å². The monoisotopic (exact) mass is 471 g/mol. The number of allylic oxidation sites excluding steroid dienone is 3. The molecule has 0 aromatic heterocycles. The second kappa shape index (κ2) is 11.4. The molecule has 5 heteroatoms. The van der Waals surface area contributed by atoms with E-state index in [2.05, 4.69) is 29.8 Å². The molecule has 2 N–H and O–H groups in total. The van der Waals surface area contributed by atoms with Gasteiger partial charge in [0.15, 0.2) is 0 Å². The summed E-state index contributed by atoms with van der Waals surface area (Å²) in [5.74, 6) is 1.26. The molecule has 0 radical (unpaired) electrons. The molecule has 1 fully saturated rings. The van der Waals surface area contributed by atoms with Gasteiger partial charge in [0.2, 0.25) is 0 Å². The predicted octanol–water partition coefficient (Wildman–Crippen LogP) is 7.68. The highest BCUT2D eigenvalue weighted by Crippen LogP contribution is 2.35. The van der Waals surface area contributed by atoms with Gasteiger partial charge in [-0.25, -0.2) is 9.38 Å². The first-order chi connectivity index (χ1) is 15.7. The summed E-state index contributed by atoms with van der Waals surface area (Å²) >= 11 is 6.49. The fourth-order valence-electron chi connectivity index (χ4n) is 5.18. The molecule has 1 aromatic carbocycles. The number of hydrogen-bond donors (Lipinski definition) is 1. The fourth-order valence-corrected chi connectivity index (χ4v) is 5.43. The highest BCUT2D eigenvalue weighted by atomic mass is 35.5. The van der Waals surface area contributed by atoms with Crippen LogP contribution in [0.25, 0.3) is 0 Å². The van der Waals surface area contributed by atoms with Crippen LogP contribution >= 0.6 is 11.6 Å². The summed E-state index contributed by atoms with van der Waals surface area (Å²) in [5, 5.41) is 0.233. The van der Waals surface area contributed by atoms with E-state index in [0.29, 0.717) is 24.1 Å². The molecule has 33 heavy (non-hydrogen) atoms. The highest BCUT2D eigenvalue weighted by Gasteiger charge is 2.25. The Kier molecular flexibility index (Phi) is 8.81. The third kappa shape index (κ3) is 6.09. The van der Waals surface area contributed by atoms with Crippen molar-refractivity contribution in [3.05, 3.63) is 69.0 Å². The minimum absolute atomic E-state index is 0.220. The van der Waals surface area contributed by atoms with Gasteiger partial charge in [-0.15, -0.1) is 0 Å². The number of nitrogens with two attached hydrogens (primary N) is 1. The summed E-state index contributed by atoms with van der Waals surface area (Å²) in [6, 6.07) is 1.84. The van der Waals surface area contributed by atoms with Gasteiger partial charge < -0.3 is 10.6 Å². The second-order valence-electron chi connectivity index (χ2n) is 10.1. The molecule has 1 aromatic rings. The first-order valence-electron chi connectivity index (χ1n) is 12.3.